The third-order valence-corrected chi connectivity index (χ3v) is 3.74. The Hall–Kier alpha value is -1.85. The number of aromatic nitrogens is 2. The van der Waals surface area contributed by atoms with Crippen molar-refractivity contribution in [3.63, 3.8) is 0 Å². The normalized spacial score (nSPS) is 15.1. The van der Waals surface area contributed by atoms with Gasteiger partial charge in [-0.3, -0.25) is 4.79 Å². The number of piperazine rings is 1. The molecule has 116 valence electrons. The van der Waals surface area contributed by atoms with E-state index in [0.29, 0.717) is 0 Å². The van der Waals surface area contributed by atoms with Crippen LogP contribution in [0.2, 0.25) is 0 Å². The van der Waals surface area contributed by atoms with E-state index >= 15 is 0 Å². The first-order chi connectivity index (χ1) is 10.2. The molecular formula is C15H25N5O. The summed E-state index contributed by atoms with van der Waals surface area (Å²) in [6.07, 6.45) is 5.41. The Bertz CT molecular complexity index is 457. The monoisotopic (exact) mass is 291 g/mol. The van der Waals surface area contributed by atoms with Gasteiger partial charge in [-0.2, -0.15) is 4.98 Å². The second kappa shape index (κ2) is 7.81. The summed E-state index contributed by atoms with van der Waals surface area (Å²) in [6.45, 7) is 7.83. The van der Waals surface area contributed by atoms with E-state index in [2.05, 4.69) is 27.1 Å². The van der Waals surface area contributed by atoms with E-state index in [9.17, 15) is 4.79 Å². The highest BCUT2D eigenvalue weighted by atomic mass is 16.2. The molecular weight excluding hydrogens is 266 g/mol. The molecule has 6 nitrogen and oxygen atoms in total. The lowest BCUT2D eigenvalue weighted by Gasteiger charge is -2.34. The van der Waals surface area contributed by atoms with Crippen molar-refractivity contribution in [2.75, 3.05) is 42.9 Å². The van der Waals surface area contributed by atoms with Crippen LogP contribution in [0.5, 0.6) is 0 Å². The van der Waals surface area contributed by atoms with Crippen molar-refractivity contribution in [3.8, 4) is 0 Å². The van der Waals surface area contributed by atoms with Gasteiger partial charge in [0.15, 0.2) is 0 Å². The minimum atomic E-state index is 0.141. The van der Waals surface area contributed by atoms with E-state index in [1.807, 2.05) is 11.0 Å². The van der Waals surface area contributed by atoms with E-state index in [4.69, 9.17) is 0 Å². The number of nitrogens with one attached hydrogen (secondary N) is 1. The maximum absolute atomic E-state index is 11.3. The Kier molecular flexibility index (Phi) is 5.78. The molecule has 0 bridgehead atoms. The van der Waals surface area contributed by atoms with E-state index in [-0.39, 0.29) is 5.91 Å². The smallest absolute Gasteiger partial charge is 0.227 e. The van der Waals surface area contributed by atoms with Gasteiger partial charge in [-0.15, -0.1) is 0 Å². The van der Waals surface area contributed by atoms with Gasteiger partial charge < -0.3 is 15.1 Å². The van der Waals surface area contributed by atoms with Crippen molar-refractivity contribution in [2.45, 2.75) is 33.1 Å². The predicted octanol–water partition coefficient (Wildman–Crippen LogP) is 1.75. The highest BCUT2D eigenvalue weighted by Crippen LogP contribution is 2.13. The van der Waals surface area contributed by atoms with E-state index in [1.54, 1.807) is 13.1 Å². The third-order valence-electron chi connectivity index (χ3n) is 3.74. The Morgan fingerprint density at radius 2 is 2.05 bits per heavy atom. The lowest BCUT2D eigenvalue weighted by Crippen LogP contribution is -2.48. The van der Waals surface area contributed by atoms with Crippen LogP contribution < -0.4 is 10.2 Å². The molecule has 0 atom stereocenters. The molecule has 0 spiro atoms. The lowest BCUT2D eigenvalue weighted by molar-refractivity contribution is -0.129. The van der Waals surface area contributed by atoms with Crippen molar-refractivity contribution >= 4 is 17.7 Å². The number of amides is 1. The van der Waals surface area contributed by atoms with Gasteiger partial charge in [-0.1, -0.05) is 19.8 Å². The molecule has 0 saturated carbocycles. The predicted molar refractivity (Wildman–Crippen MR) is 84.5 cm³/mol. The second-order valence-electron chi connectivity index (χ2n) is 5.37. The highest BCUT2D eigenvalue weighted by molar-refractivity contribution is 5.73. The number of hydrogen-bond donors (Lipinski definition) is 1. The largest absolute Gasteiger partial charge is 0.370 e. The van der Waals surface area contributed by atoms with Crippen LogP contribution in [0.3, 0.4) is 0 Å². The molecule has 1 aliphatic heterocycles. The van der Waals surface area contributed by atoms with Gasteiger partial charge >= 0.3 is 0 Å². The number of hydrogen-bond acceptors (Lipinski definition) is 5. The van der Waals surface area contributed by atoms with Crippen LogP contribution >= 0.6 is 0 Å². The van der Waals surface area contributed by atoms with Gasteiger partial charge in [0.25, 0.3) is 0 Å². The molecule has 1 N–H and O–H groups in total. The minimum absolute atomic E-state index is 0.141. The molecule has 6 heteroatoms. The van der Waals surface area contributed by atoms with Gasteiger partial charge in [0.1, 0.15) is 5.82 Å². The fourth-order valence-electron chi connectivity index (χ4n) is 2.41. The van der Waals surface area contributed by atoms with Crippen LogP contribution in [0.25, 0.3) is 0 Å². The van der Waals surface area contributed by atoms with Crippen molar-refractivity contribution < 1.29 is 4.79 Å². The quantitative estimate of drug-likeness (QED) is 0.809. The van der Waals surface area contributed by atoms with E-state index < -0.39 is 0 Å². The molecule has 1 amide bonds. The molecule has 1 fully saturated rings. The third kappa shape index (κ3) is 4.58. The van der Waals surface area contributed by atoms with Crippen LogP contribution in [-0.4, -0.2) is 53.5 Å². The molecule has 0 radical (unpaired) electrons. The Balaban J connectivity index is 1.87. The van der Waals surface area contributed by atoms with Crippen LogP contribution in [0.1, 0.15) is 33.1 Å². The average molecular weight is 291 g/mol. The zero-order chi connectivity index (χ0) is 15.1. The van der Waals surface area contributed by atoms with Crippen LogP contribution in [0.4, 0.5) is 11.8 Å². The zero-order valence-corrected chi connectivity index (χ0v) is 13.0. The first kappa shape index (κ1) is 15.5. The van der Waals surface area contributed by atoms with Crippen molar-refractivity contribution in [2.24, 2.45) is 0 Å². The molecule has 2 heterocycles. The van der Waals surface area contributed by atoms with Gasteiger partial charge in [0, 0.05) is 45.8 Å². The van der Waals surface area contributed by atoms with Gasteiger partial charge in [-0.05, 0) is 12.5 Å². The number of nitrogens with zero attached hydrogens (tertiary/aromatic N) is 4. The topological polar surface area (TPSA) is 61.4 Å². The molecule has 1 aromatic rings. The van der Waals surface area contributed by atoms with Crippen molar-refractivity contribution in [1.29, 1.82) is 0 Å². The van der Waals surface area contributed by atoms with Gasteiger partial charge in [0.05, 0.1) is 0 Å². The van der Waals surface area contributed by atoms with Crippen LogP contribution in [0, 0.1) is 0 Å². The standard InChI is InChI=1S/C15H25N5O/c1-3-4-5-7-16-14-6-8-17-15(18-14)20-11-9-19(10-12-20)13(2)21/h6,8H,3-5,7,9-12H2,1-2H3,(H,16,17,18). The fraction of sp³-hybridized carbons (Fsp3) is 0.667. The van der Waals surface area contributed by atoms with Gasteiger partial charge in [-0.25, -0.2) is 4.98 Å². The molecule has 0 aromatic carbocycles. The first-order valence-electron chi connectivity index (χ1n) is 7.78. The number of carbonyl (C=O) groups is 1. The van der Waals surface area contributed by atoms with Gasteiger partial charge in [0.2, 0.25) is 11.9 Å². The summed E-state index contributed by atoms with van der Waals surface area (Å²) < 4.78 is 0. The molecule has 21 heavy (non-hydrogen) atoms. The molecule has 0 unspecified atom stereocenters. The maximum atomic E-state index is 11.3. The lowest BCUT2D eigenvalue weighted by atomic mass is 10.2. The summed E-state index contributed by atoms with van der Waals surface area (Å²) in [7, 11) is 0. The maximum Gasteiger partial charge on any atom is 0.227 e. The Morgan fingerprint density at radius 3 is 2.71 bits per heavy atom. The number of anilines is 2. The molecule has 1 saturated heterocycles. The zero-order valence-electron chi connectivity index (χ0n) is 13.0. The minimum Gasteiger partial charge on any atom is -0.370 e. The molecule has 0 aliphatic carbocycles. The Morgan fingerprint density at radius 1 is 1.29 bits per heavy atom. The molecule has 2 rings (SSSR count). The van der Waals surface area contributed by atoms with Crippen LogP contribution in [0.15, 0.2) is 12.3 Å². The first-order valence-corrected chi connectivity index (χ1v) is 7.78. The fourth-order valence-corrected chi connectivity index (χ4v) is 2.41. The number of carbonyl (C=O) groups excluding carboxylic acids is 1. The van der Waals surface area contributed by atoms with Crippen molar-refractivity contribution in [3.05, 3.63) is 12.3 Å². The second-order valence-corrected chi connectivity index (χ2v) is 5.37. The highest BCUT2D eigenvalue weighted by Gasteiger charge is 2.20. The van der Waals surface area contributed by atoms with Crippen LogP contribution in [-0.2, 0) is 4.79 Å². The molecule has 1 aliphatic rings. The van der Waals surface area contributed by atoms with E-state index in [1.165, 1.54) is 12.8 Å². The SMILES string of the molecule is CCCCCNc1ccnc(N2CCN(C(C)=O)CC2)n1. The number of unbranched alkanes of at least 4 members (excludes halogenated alkanes) is 2. The molecule has 1 aromatic heterocycles. The average Bonchev–Trinajstić information content (AvgIpc) is 2.52. The summed E-state index contributed by atoms with van der Waals surface area (Å²) in [4.78, 5) is 24.2. The summed E-state index contributed by atoms with van der Waals surface area (Å²) in [6, 6.07) is 1.90. The summed E-state index contributed by atoms with van der Waals surface area (Å²) in [5, 5.41) is 3.34. The summed E-state index contributed by atoms with van der Waals surface area (Å²) in [5.41, 5.74) is 0. The Labute approximate surface area is 126 Å². The summed E-state index contributed by atoms with van der Waals surface area (Å²) in [5.74, 6) is 1.77. The van der Waals surface area contributed by atoms with Crippen molar-refractivity contribution in [1.82, 2.24) is 14.9 Å². The number of rotatable bonds is 6. The van der Waals surface area contributed by atoms with E-state index in [0.717, 1.165) is 50.9 Å². The summed E-state index contributed by atoms with van der Waals surface area (Å²) >= 11 is 0.